The highest BCUT2D eigenvalue weighted by atomic mass is 16.3. The summed E-state index contributed by atoms with van der Waals surface area (Å²) in [6.45, 7) is 2.04. The first-order chi connectivity index (χ1) is 8.24. The van der Waals surface area contributed by atoms with Gasteiger partial charge in [-0.15, -0.1) is 0 Å². The highest BCUT2D eigenvalue weighted by Gasteiger charge is 2.24. The van der Waals surface area contributed by atoms with Crippen molar-refractivity contribution in [3.8, 4) is 0 Å². The molecule has 2 rings (SSSR count). The molecule has 0 amide bonds. The van der Waals surface area contributed by atoms with E-state index >= 15 is 0 Å². The van der Waals surface area contributed by atoms with Gasteiger partial charge in [0.1, 0.15) is 0 Å². The van der Waals surface area contributed by atoms with Crippen molar-refractivity contribution in [2.75, 3.05) is 18.9 Å². The molecule has 1 aromatic carbocycles. The molecule has 0 spiro atoms. The lowest BCUT2D eigenvalue weighted by Gasteiger charge is -2.25. The molecule has 17 heavy (non-hydrogen) atoms. The first-order valence-electron chi connectivity index (χ1n) is 6.07. The third kappa shape index (κ3) is 2.77. The van der Waals surface area contributed by atoms with Gasteiger partial charge >= 0.3 is 0 Å². The number of fused-ring (bicyclic) bond motifs is 1. The molecule has 0 radical (unpaired) electrons. The largest absolute Gasteiger partial charge is 0.399 e. The number of aliphatic hydroxyl groups is 2. The van der Waals surface area contributed by atoms with E-state index in [9.17, 15) is 5.11 Å². The molecule has 1 aliphatic heterocycles. The van der Waals surface area contributed by atoms with Gasteiger partial charge in [0.15, 0.2) is 0 Å². The van der Waals surface area contributed by atoms with Gasteiger partial charge in [0, 0.05) is 31.4 Å². The third-order valence-electron chi connectivity index (χ3n) is 3.40. The molecule has 0 fully saturated rings. The van der Waals surface area contributed by atoms with Crippen LogP contribution in [0.4, 0.5) is 5.69 Å². The average molecular weight is 236 g/mol. The molecule has 0 bridgehead atoms. The maximum atomic E-state index is 9.40. The summed E-state index contributed by atoms with van der Waals surface area (Å²) in [5.74, 6) is 0. The van der Waals surface area contributed by atoms with Gasteiger partial charge in [-0.1, -0.05) is 6.07 Å². The summed E-state index contributed by atoms with van der Waals surface area (Å²) in [5, 5.41) is 18.2. The highest BCUT2D eigenvalue weighted by molar-refractivity contribution is 5.46. The van der Waals surface area contributed by atoms with Crippen LogP contribution in [-0.4, -0.2) is 34.4 Å². The molecule has 94 valence electrons. The summed E-state index contributed by atoms with van der Waals surface area (Å²) in [6, 6.07) is 6.13. The fourth-order valence-corrected chi connectivity index (χ4v) is 2.42. The van der Waals surface area contributed by atoms with Crippen LogP contribution < -0.4 is 5.73 Å². The minimum Gasteiger partial charge on any atom is -0.399 e. The minimum absolute atomic E-state index is 0.135. The summed E-state index contributed by atoms with van der Waals surface area (Å²) in [6.07, 6.45) is 1.57. The number of rotatable bonds is 5. The van der Waals surface area contributed by atoms with Gasteiger partial charge in [-0.2, -0.15) is 0 Å². The number of hydrogen-bond acceptors (Lipinski definition) is 4. The van der Waals surface area contributed by atoms with Crippen LogP contribution in [0.3, 0.4) is 0 Å². The van der Waals surface area contributed by atoms with Crippen LogP contribution in [0, 0.1) is 0 Å². The van der Waals surface area contributed by atoms with Gasteiger partial charge < -0.3 is 15.9 Å². The van der Waals surface area contributed by atoms with E-state index in [1.54, 1.807) is 0 Å². The van der Waals surface area contributed by atoms with Crippen LogP contribution in [-0.2, 0) is 13.1 Å². The average Bonchev–Trinajstić information content (AvgIpc) is 2.72. The molecule has 1 atom stereocenters. The second-order valence-electron chi connectivity index (χ2n) is 4.64. The topological polar surface area (TPSA) is 69.7 Å². The Morgan fingerprint density at radius 1 is 1.24 bits per heavy atom. The molecule has 0 saturated heterocycles. The lowest BCUT2D eigenvalue weighted by Crippen LogP contribution is -2.33. The van der Waals surface area contributed by atoms with E-state index in [2.05, 4.69) is 11.0 Å². The van der Waals surface area contributed by atoms with Crippen molar-refractivity contribution in [3.63, 3.8) is 0 Å². The van der Waals surface area contributed by atoms with Crippen molar-refractivity contribution in [3.05, 3.63) is 29.3 Å². The molecule has 1 aliphatic rings. The molecule has 0 aromatic heterocycles. The van der Waals surface area contributed by atoms with Gasteiger partial charge in [0.2, 0.25) is 0 Å². The van der Waals surface area contributed by atoms with E-state index in [1.165, 1.54) is 11.1 Å². The Hall–Kier alpha value is -1.10. The summed E-state index contributed by atoms with van der Waals surface area (Å²) in [4.78, 5) is 2.25. The van der Waals surface area contributed by atoms with Gasteiger partial charge in [-0.05, 0) is 36.1 Å². The Bertz CT molecular complexity index is 382. The monoisotopic (exact) mass is 236 g/mol. The third-order valence-corrected chi connectivity index (χ3v) is 3.40. The molecule has 1 aromatic rings. The predicted octanol–water partition coefficient (Wildman–Crippen LogP) is 0.718. The van der Waals surface area contributed by atoms with Crippen molar-refractivity contribution in [2.24, 2.45) is 0 Å². The van der Waals surface area contributed by atoms with Crippen molar-refractivity contribution in [1.29, 1.82) is 0 Å². The molecule has 1 heterocycles. The molecule has 1 unspecified atom stereocenters. The normalized spacial score (nSPS) is 17.1. The smallest absolute Gasteiger partial charge is 0.0587 e. The van der Waals surface area contributed by atoms with Crippen LogP contribution in [0.25, 0.3) is 0 Å². The fraction of sp³-hybridized carbons (Fsp3) is 0.538. The summed E-state index contributed by atoms with van der Waals surface area (Å²) in [7, 11) is 0. The fourth-order valence-electron chi connectivity index (χ4n) is 2.42. The highest BCUT2D eigenvalue weighted by Crippen LogP contribution is 2.27. The number of nitrogen functional groups attached to an aromatic ring is 1. The van der Waals surface area contributed by atoms with Gasteiger partial charge in [0.05, 0.1) is 6.61 Å². The number of hydrogen-bond donors (Lipinski definition) is 3. The van der Waals surface area contributed by atoms with Crippen LogP contribution in [0.1, 0.15) is 24.0 Å². The van der Waals surface area contributed by atoms with Gasteiger partial charge in [-0.3, -0.25) is 4.90 Å². The number of nitrogens with zero attached hydrogens (tertiary/aromatic N) is 1. The lowest BCUT2D eigenvalue weighted by atomic mass is 10.1. The van der Waals surface area contributed by atoms with E-state index in [4.69, 9.17) is 10.8 Å². The van der Waals surface area contributed by atoms with Crippen LogP contribution in [0.2, 0.25) is 0 Å². The zero-order valence-electron chi connectivity index (χ0n) is 9.97. The molecule has 4 nitrogen and oxygen atoms in total. The van der Waals surface area contributed by atoms with Gasteiger partial charge in [0.25, 0.3) is 0 Å². The quantitative estimate of drug-likeness (QED) is 0.659. The van der Waals surface area contributed by atoms with Crippen molar-refractivity contribution < 1.29 is 10.2 Å². The molecule has 4 heteroatoms. The van der Waals surface area contributed by atoms with Crippen molar-refractivity contribution in [1.82, 2.24) is 4.90 Å². The Morgan fingerprint density at radius 3 is 2.71 bits per heavy atom. The summed E-state index contributed by atoms with van der Waals surface area (Å²) < 4.78 is 0. The van der Waals surface area contributed by atoms with Crippen molar-refractivity contribution >= 4 is 5.69 Å². The summed E-state index contributed by atoms with van der Waals surface area (Å²) >= 11 is 0. The first kappa shape index (κ1) is 12.4. The molecular weight excluding hydrogens is 216 g/mol. The summed E-state index contributed by atoms with van der Waals surface area (Å²) in [5.41, 5.74) is 9.11. The second-order valence-corrected chi connectivity index (χ2v) is 4.64. The van der Waals surface area contributed by atoms with E-state index in [0.717, 1.165) is 31.6 Å². The van der Waals surface area contributed by atoms with Gasteiger partial charge in [-0.25, -0.2) is 0 Å². The molecule has 0 saturated carbocycles. The maximum absolute atomic E-state index is 9.40. The first-order valence-corrected chi connectivity index (χ1v) is 6.07. The van der Waals surface area contributed by atoms with Crippen LogP contribution in [0.5, 0.6) is 0 Å². The zero-order valence-corrected chi connectivity index (χ0v) is 9.97. The van der Waals surface area contributed by atoms with E-state index in [1.807, 2.05) is 12.1 Å². The lowest BCUT2D eigenvalue weighted by molar-refractivity contribution is 0.108. The van der Waals surface area contributed by atoms with Crippen LogP contribution in [0.15, 0.2) is 18.2 Å². The molecule has 0 aliphatic carbocycles. The number of nitrogens with two attached hydrogens (primary N) is 1. The molecular formula is C13H20N2O2. The Labute approximate surface area is 102 Å². The maximum Gasteiger partial charge on any atom is 0.0587 e. The van der Waals surface area contributed by atoms with Crippen LogP contribution >= 0.6 is 0 Å². The molecule has 4 N–H and O–H groups in total. The predicted molar refractivity (Wildman–Crippen MR) is 67.3 cm³/mol. The standard InChI is InChI=1S/C13H20N2O2/c14-12-4-3-10-7-15(8-11(10)6-12)13(9-17)2-1-5-16/h3-4,6,13,16-17H,1-2,5,7-9,14H2. The Kier molecular flexibility index (Phi) is 3.99. The number of anilines is 1. The van der Waals surface area contributed by atoms with Crippen molar-refractivity contribution in [2.45, 2.75) is 32.0 Å². The SMILES string of the molecule is Nc1ccc2c(c1)CN(C(CO)CCCO)C2. The second kappa shape index (κ2) is 5.49. The number of benzene rings is 1. The zero-order chi connectivity index (χ0) is 12.3. The van der Waals surface area contributed by atoms with E-state index in [-0.39, 0.29) is 19.3 Å². The Balaban J connectivity index is 2.02. The minimum atomic E-state index is 0.135. The number of aliphatic hydroxyl groups excluding tert-OH is 2. The Morgan fingerprint density at radius 2 is 2.00 bits per heavy atom. The van der Waals surface area contributed by atoms with E-state index < -0.39 is 0 Å². The van der Waals surface area contributed by atoms with E-state index in [0.29, 0.717) is 0 Å².